The molecule has 2 amide bonds. The molecule has 0 bridgehead atoms. The molecule has 4 rings (SSSR count). The van der Waals surface area contributed by atoms with Crippen molar-refractivity contribution >= 4 is 33.9 Å². The maximum atomic E-state index is 12.8. The average molecular weight is 450 g/mol. The van der Waals surface area contributed by atoms with Crippen LogP contribution in [0.3, 0.4) is 0 Å². The minimum atomic E-state index is -0.291. The maximum absolute atomic E-state index is 12.8. The zero-order chi connectivity index (χ0) is 23.7. The monoisotopic (exact) mass is 450 g/mol. The Bertz CT molecular complexity index is 1470. The molecule has 10 heteroatoms. The molecule has 0 saturated heterocycles. The van der Waals surface area contributed by atoms with E-state index in [9.17, 15) is 19.2 Å². The number of carbonyl (C=O) groups excluding carboxylic acids is 2. The number of hydrogen-bond donors (Lipinski definition) is 4. The van der Waals surface area contributed by atoms with Crippen molar-refractivity contribution in [1.29, 1.82) is 0 Å². The third-order valence-electron chi connectivity index (χ3n) is 5.81. The molecule has 0 aliphatic rings. The average Bonchev–Trinajstić information content (AvgIpc) is 3.25. The zero-order valence-electron chi connectivity index (χ0n) is 18.7. The van der Waals surface area contributed by atoms with Gasteiger partial charge >= 0.3 is 11.4 Å². The van der Waals surface area contributed by atoms with Crippen LogP contribution >= 0.6 is 0 Å². The molecule has 0 saturated carbocycles. The summed E-state index contributed by atoms with van der Waals surface area (Å²) in [6.45, 7) is 2.26. The molecule has 33 heavy (non-hydrogen) atoms. The van der Waals surface area contributed by atoms with Crippen LogP contribution in [0.25, 0.3) is 22.1 Å². The number of nitrogens with zero attached hydrogens (tertiary/aromatic N) is 2. The fraction of sp³-hybridized carbons (Fsp3) is 0.304. The molecular formula is C23H26N6O4. The Morgan fingerprint density at radius 1 is 0.879 bits per heavy atom. The number of aromatic nitrogens is 4. The van der Waals surface area contributed by atoms with Gasteiger partial charge in [0.1, 0.15) is 0 Å². The van der Waals surface area contributed by atoms with Gasteiger partial charge in [0, 0.05) is 37.8 Å². The number of imidazole rings is 2. The van der Waals surface area contributed by atoms with Crippen molar-refractivity contribution < 1.29 is 9.59 Å². The van der Waals surface area contributed by atoms with Gasteiger partial charge in [0.2, 0.25) is 0 Å². The van der Waals surface area contributed by atoms with Gasteiger partial charge in [-0.3, -0.25) is 18.7 Å². The molecule has 0 radical (unpaired) electrons. The first-order valence-electron chi connectivity index (χ1n) is 10.7. The van der Waals surface area contributed by atoms with Gasteiger partial charge in [-0.05, 0) is 42.8 Å². The first-order chi connectivity index (χ1) is 15.8. The third-order valence-corrected chi connectivity index (χ3v) is 5.81. The second-order valence-corrected chi connectivity index (χ2v) is 8.11. The third kappa shape index (κ3) is 4.32. The van der Waals surface area contributed by atoms with Crippen molar-refractivity contribution in [2.24, 2.45) is 14.1 Å². The van der Waals surface area contributed by atoms with Gasteiger partial charge < -0.3 is 20.6 Å². The lowest BCUT2D eigenvalue weighted by Gasteiger charge is -2.19. The number of fused-ring (bicyclic) bond motifs is 2. The highest BCUT2D eigenvalue weighted by Gasteiger charge is 2.17. The van der Waals surface area contributed by atoms with Gasteiger partial charge in [-0.2, -0.15) is 0 Å². The normalized spacial score (nSPS) is 12.2. The lowest BCUT2D eigenvalue weighted by atomic mass is 10.1. The van der Waals surface area contributed by atoms with E-state index in [0.717, 1.165) is 6.42 Å². The zero-order valence-corrected chi connectivity index (χ0v) is 18.7. The summed E-state index contributed by atoms with van der Waals surface area (Å²) in [4.78, 5) is 54.5. The van der Waals surface area contributed by atoms with Gasteiger partial charge in [-0.1, -0.05) is 13.3 Å². The molecule has 172 valence electrons. The quantitative estimate of drug-likeness (QED) is 0.338. The summed E-state index contributed by atoms with van der Waals surface area (Å²) in [5, 5.41) is 5.83. The van der Waals surface area contributed by atoms with E-state index in [1.54, 1.807) is 50.5 Å². The predicted octanol–water partition coefficient (Wildman–Crippen LogP) is 1.38. The minimum absolute atomic E-state index is 0.244. The topological polar surface area (TPSA) is 134 Å². The molecule has 1 atom stereocenters. The lowest BCUT2D eigenvalue weighted by Crippen LogP contribution is -2.43. The molecule has 2 heterocycles. The van der Waals surface area contributed by atoms with Crippen molar-refractivity contribution in [3.63, 3.8) is 0 Å². The van der Waals surface area contributed by atoms with Crippen molar-refractivity contribution in [3.05, 3.63) is 68.5 Å². The standard InChI is InChI=1S/C23H26N6O4/c1-4-5-15(25-21(31)14-7-9-19-17(11-14)27-23(33)29(19)3)12-24-20(30)13-6-8-18-16(10-13)26-22(32)28(18)2/h6-11,15H,4-5,12H2,1-3H3,(H,24,30)(H,25,31)(H,26,32)(H,27,33). The summed E-state index contributed by atoms with van der Waals surface area (Å²) < 4.78 is 2.96. The van der Waals surface area contributed by atoms with Crippen molar-refractivity contribution in [2.75, 3.05) is 6.54 Å². The van der Waals surface area contributed by atoms with Gasteiger partial charge in [-0.15, -0.1) is 0 Å². The molecule has 1 unspecified atom stereocenters. The first kappa shape index (κ1) is 22.1. The van der Waals surface area contributed by atoms with Crippen LogP contribution in [0.5, 0.6) is 0 Å². The number of aryl methyl sites for hydroxylation is 2. The van der Waals surface area contributed by atoms with Crippen LogP contribution in [0.15, 0.2) is 46.0 Å². The Hall–Kier alpha value is -4.08. The number of aromatic amines is 2. The molecule has 4 aromatic rings. The molecular weight excluding hydrogens is 424 g/mol. The van der Waals surface area contributed by atoms with E-state index in [-0.39, 0.29) is 35.8 Å². The Kier molecular flexibility index (Phi) is 5.91. The summed E-state index contributed by atoms with van der Waals surface area (Å²) in [5.74, 6) is -0.571. The fourth-order valence-electron chi connectivity index (χ4n) is 3.92. The number of carbonyl (C=O) groups is 2. The van der Waals surface area contributed by atoms with E-state index in [4.69, 9.17) is 0 Å². The SMILES string of the molecule is CCCC(CNC(=O)c1ccc2c(c1)[nH]c(=O)n2C)NC(=O)c1ccc2c(c1)[nH]c(=O)n2C. The van der Waals surface area contributed by atoms with Crippen LogP contribution in [-0.4, -0.2) is 43.5 Å². The van der Waals surface area contributed by atoms with Gasteiger partial charge in [0.05, 0.1) is 22.1 Å². The van der Waals surface area contributed by atoms with E-state index in [2.05, 4.69) is 20.6 Å². The van der Waals surface area contributed by atoms with Crippen LogP contribution in [0.1, 0.15) is 40.5 Å². The molecule has 10 nitrogen and oxygen atoms in total. The van der Waals surface area contributed by atoms with E-state index in [0.29, 0.717) is 39.6 Å². The van der Waals surface area contributed by atoms with Crippen molar-refractivity contribution in [2.45, 2.75) is 25.8 Å². The van der Waals surface area contributed by atoms with Crippen LogP contribution < -0.4 is 22.0 Å². The number of rotatable bonds is 7. The van der Waals surface area contributed by atoms with Gasteiger partial charge in [0.25, 0.3) is 11.8 Å². The highest BCUT2D eigenvalue weighted by atomic mass is 16.2. The lowest BCUT2D eigenvalue weighted by molar-refractivity contribution is 0.0906. The van der Waals surface area contributed by atoms with Gasteiger partial charge in [-0.25, -0.2) is 9.59 Å². The number of benzene rings is 2. The Balaban J connectivity index is 1.44. The van der Waals surface area contributed by atoms with E-state index >= 15 is 0 Å². The van der Waals surface area contributed by atoms with E-state index < -0.39 is 0 Å². The molecule has 4 N–H and O–H groups in total. The number of nitrogens with one attached hydrogen (secondary N) is 4. The largest absolute Gasteiger partial charge is 0.350 e. The smallest absolute Gasteiger partial charge is 0.326 e. The molecule has 0 spiro atoms. The predicted molar refractivity (Wildman–Crippen MR) is 126 cm³/mol. The van der Waals surface area contributed by atoms with Crippen LogP contribution in [0.4, 0.5) is 0 Å². The Morgan fingerprint density at radius 3 is 1.91 bits per heavy atom. The summed E-state index contributed by atoms with van der Waals surface area (Å²) in [6, 6.07) is 9.78. The number of H-pyrrole nitrogens is 2. The maximum Gasteiger partial charge on any atom is 0.326 e. The summed E-state index contributed by atoms with van der Waals surface area (Å²) >= 11 is 0. The summed E-state index contributed by atoms with van der Waals surface area (Å²) in [5.41, 5.74) is 2.96. The van der Waals surface area contributed by atoms with Crippen molar-refractivity contribution in [3.8, 4) is 0 Å². The van der Waals surface area contributed by atoms with Crippen LogP contribution in [0, 0.1) is 0 Å². The van der Waals surface area contributed by atoms with Crippen molar-refractivity contribution in [1.82, 2.24) is 29.7 Å². The molecule has 2 aromatic heterocycles. The highest BCUT2D eigenvalue weighted by molar-refractivity contribution is 5.98. The second-order valence-electron chi connectivity index (χ2n) is 8.11. The number of amides is 2. The Labute approximate surface area is 188 Å². The van der Waals surface area contributed by atoms with E-state index in [1.165, 1.54) is 9.13 Å². The summed E-state index contributed by atoms with van der Waals surface area (Å²) in [7, 11) is 3.32. The second kappa shape index (κ2) is 8.81. The molecule has 0 aliphatic carbocycles. The highest BCUT2D eigenvalue weighted by Crippen LogP contribution is 2.14. The Morgan fingerprint density at radius 2 is 1.39 bits per heavy atom. The molecule has 2 aromatic carbocycles. The van der Waals surface area contributed by atoms with E-state index in [1.807, 2.05) is 6.92 Å². The molecule has 0 fully saturated rings. The van der Waals surface area contributed by atoms with Gasteiger partial charge in [0.15, 0.2) is 0 Å². The van der Waals surface area contributed by atoms with Crippen LogP contribution in [0.2, 0.25) is 0 Å². The number of hydrogen-bond acceptors (Lipinski definition) is 4. The van der Waals surface area contributed by atoms with Crippen LogP contribution in [-0.2, 0) is 14.1 Å². The molecule has 0 aliphatic heterocycles. The first-order valence-corrected chi connectivity index (χ1v) is 10.7. The fourth-order valence-corrected chi connectivity index (χ4v) is 3.92. The minimum Gasteiger partial charge on any atom is -0.350 e. The summed E-state index contributed by atoms with van der Waals surface area (Å²) in [6.07, 6.45) is 1.50.